The lowest BCUT2D eigenvalue weighted by atomic mass is 10.1. The van der Waals surface area contributed by atoms with Crippen molar-refractivity contribution in [2.24, 2.45) is 0 Å². The van der Waals surface area contributed by atoms with Crippen LogP contribution in [0.15, 0.2) is 42.6 Å². The molecule has 0 amide bonds. The van der Waals surface area contributed by atoms with Crippen molar-refractivity contribution in [3.8, 4) is 22.9 Å². The summed E-state index contributed by atoms with van der Waals surface area (Å²) in [5.74, 6) is 2.12. The zero-order valence-corrected chi connectivity index (χ0v) is 15.7. The molecule has 0 radical (unpaired) electrons. The second kappa shape index (κ2) is 7.80. The summed E-state index contributed by atoms with van der Waals surface area (Å²) in [6.45, 7) is 4.23. The number of hydrogen-bond acceptors (Lipinski definition) is 6. The summed E-state index contributed by atoms with van der Waals surface area (Å²) in [7, 11) is 3.28. The van der Waals surface area contributed by atoms with Crippen LogP contribution in [0.5, 0.6) is 11.5 Å². The molecule has 0 spiro atoms. The quantitative estimate of drug-likeness (QED) is 0.768. The average molecular weight is 364 g/mol. The van der Waals surface area contributed by atoms with E-state index in [1.165, 1.54) is 12.1 Å². The van der Waals surface area contributed by atoms with Gasteiger partial charge in [-0.3, -0.25) is 0 Å². The first-order valence-electron chi connectivity index (χ1n) is 9.23. The zero-order valence-electron chi connectivity index (χ0n) is 15.7. The first kappa shape index (κ1) is 17.5. The van der Waals surface area contributed by atoms with E-state index in [9.17, 15) is 0 Å². The van der Waals surface area contributed by atoms with Gasteiger partial charge in [-0.05, 0) is 37.2 Å². The van der Waals surface area contributed by atoms with Gasteiger partial charge in [0.15, 0.2) is 5.82 Å². The molecule has 1 aliphatic rings. The van der Waals surface area contributed by atoms with Crippen LogP contribution in [0.25, 0.3) is 22.3 Å². The topological polar surface area (TPSA) is 59.5 Å². The Morgan fingerprint density at radius 2 is 1.85 bits per heavy atom. The Balaban J connectivity index is 1.65. The molecule has 27 heavy (non-hydrogen) atoms. The predicted octanol–water partition coefficient (Wildman–Crippen LogP) is 3.11. The van der Waals surface area contributed by atoms with Crippen molar-refractivity contribution in [1.29, 1.82) is 0 Å². The molecule has 1 aromatic heterocycles. The molecule has 6 nitrogen and oxygen atoms in total. The van der Waals surface area contributed by atoms with E-state index in [-0.39, 0.29) is 0 Å². The fraction of sp³-hybridized carbons (Fsp3) is 0.333. The Hall–Kier alpha value is -2.86. The van der Waals surface area contributed by atoms with Gasteiger partial charge in [-0.1, -0.05) is 0 Å². The third kappa shape index (κ3) is 3.66. The Labute approximate surface area is 159 Å². The number of methoxy groups -OCH3 is 2. The summed E-state index contributed by atoms with van der Waals surface area (Å²) in [4.78, 5) is 11.7. The summed E-state index contributed by atoms with van der Waals surface area (Å²) >= 11 is 0. The maximum atomic E-state index is 5.44. The summed E-state index contributed by atoms with van der Waals surface area (Å²) in [6, 6.07) is 12.2. The van der Waals surface area contributed by atoms with E-state index in [2.05, 4.69) is 39.5 Å². The highest BCUT2D eigenvalue weighted by Crippen LogP contribution is 2.31. The lowest BCUT2D eigenvalue weighted by molar-refractivity contribution is 0.397. The van der Waals surface area contributed by atoms with Crippen LogP contribution in [0, 0.1) is 0 Å². The molecule has 0 saturated carbocycles. The third-order valence-electron chi connectivity index (χ3n) is 4.92. The third-order valence-corrected chi connectivity index (χ3v) is 4.92. The fourth-order valence-electron chi connectivity index (χ4n) is 3.43. The minimum absolute atomic E-state index is 0.696. The van der Waals surface area contributed by atoms with E-state index in [0.29, 0.717) is 17.3 Å². The summed E-state index contributed by atoms with van der Waals surface area (Å²) in [6.07, 6.45) is 2.98. The van der Waals surface area contributed by atoms with E-state index < -0.39 is 0 Å². The monoisotopic (exact) mass is 364 g/mol. The van der Waals surface area contributed by atoms with Gasteiger partial charge in [0.05, 0.1) is 25.1 Å². The molecular formula is C21H24N4O2. The molecular weight excluding hydrogens is 340 g/mol. The van der Waals surface area contributed by atoms with Gasteiger partial charge in [-0.15, -0.1) is 0 Å². The highest BCUT2D eigenvalue weighted by atomic mass is 16.5. The molecule has 0 aliphatic carbocycles. The van der Waals surface area contributed by atoms with Crippen molar-refractivity contribution >= 4 is 16.6 Å². The maximum Gasteiger partial charge on any atom is 0.159 e. The molecule has 1 N–H and O–H groups in total. The van der Waals surface area contributed by atoms with E-state index in [4.69, 9.17) is 14.5 Å². The average Bonchev–Trinajstić information content (AvgIpc) is 3.02. The second-order valence-corrected chi connectivity index (χ2v) is 6.59. The van der Waals surface area contributed by atoms with Crippen molar-refractivity contribution in [2.75, 3.05) is 45.3 Å². The summed E-state index contributed by atoms with van der Waals surface area (Å²) in [5, 5.41) is 4.31. The Kier molecular flexibility index (Phi) is 5.07. The Morgan fingerprint density at radius 1 is 1.00 bits per heavy atom. The molecule has 1 fully saturated rings. The van der Waals surface area contributed by atoms with Crippen LogP contribution in [0.1, 0.15) is 6.42 Å². The number of nitrogens with one attached hydrogen (secondary N) is 1. The predicted molar refractivity (Wildman–Crippen MR) is 108 cm³/mol. The van der Waals surface area contributed by atoms with Crippen molar-refractivity contribution in [3.05, 3.63) is 42.6 Å². The largest absolute Gasteiger partial charge is 0.497 e. The van der Waals surface area contributed by atoms with E-state index in [0.717, 1.165) is 42.6 Å². The molecule has 2 aromatic carbocycles. The number of nitrogens with zero attached hydrogens (tertiary/aromatic N) is 3. The molecule has 6 heteroatoms. The second-order valence-electron chi connectivity index (χ2n) is 6.59. The van der Waals surface area contributed by atoms with Gasteiger partial charge in [0.2, 0.25) is 0 Å². The van der Waals surface area contributed by atoms with Crippen LogP contribution in [0.2, 0.25) is 0 Å². The molecule has 0 unspecified atom stereocenters. The number of benzene rings is 2. The van der Waals surface area contributed by atoms with Gasteiger partial charge < -0.3 is 19.7 Å². The van der Waals surface area contributed by atoms with E-state index in [1.54, 1.807) is 14.2 Å². The van der Waals surface area contributed by atoms with Gasteiger partial charge in [0.25, 0.3) is 0 Å². The highest BCUT2D eigenvalue weighted by Gasteiger charge is 2.12. The summed E-state index contributed by atoms with van der Waals surface area (Å²) < 4.78 is 10.8. The fourth-order valence-corrected chi connectivity index (χ4v) is 3.43. The number of ether oxygens (including phenoxy) is 2. The highest BCUT2D eigenvalue weighted by molar-refractivity contribution is 5.87. The lowest BCUT2D eigenvalue weighted by Gasteiger charge is -2.22. The van der Waals surface area contributed by atoms with Crippen molar-refractivity contribution in [3.63, 3.8) is 0 Å². The molecule has 2 heterocycles. The van der Waals surface area contributed by atoms with Gasteiger partial charge >= 0.3 is 0 Å². The van der Waals surface area contributed by atoms with E-state index in [1.807, 2.05) is 18.3 Å². The molecule has 140 valence electrons. The molecule has 3 aromatic rings. The van der Waals surface area contributed by atoms with Gasteiger partial charge in [-0.2, -0.15) is 0 Å². The minimum Gasteiger partial charge on any atom is -0.497 e. The van der Waals surface area contributed by atoms with Crippen LogP contribution in [-0.4, -0.2) is 50.4 Å². The molecule has 0 bridgehead atoms. The molecule has 1 saturated heterocycles. The van der Waals surface area contributed by atoms with Crippen LogP contribution in [0.3, 0.4) is 0 Å². The number of aromatic nitrogens is 2. The van der Waals surface area contributed by atoms with Crippen molar-refractivity contribution in [1.82, 2.24) is 15.3 Å². The van der Waals surface area contributed by atoms with Crippen molar-refractivity contribution < 1.29 is 9.47 Å². The standard InChI is InChI=1S/C21H24N4O2/c1-26-17-12-19-18(20(13-17)27-2)14-23-21(24-19)15-4-6-16(7-5-15)25-10-3-8-22-9-11-25/h4-7,12-14,22H,3,8-11H2,1-2H3. The van der Waals surface area contributed by atoms with Crippen LogP contribution in [-0.2, 0) is 0 Å². The van der Waals surface area contributed by atoms with Crippen molar-refractivity contribution in [2.45, 2.75) is 6.42 Å². The van der Waals surface area contributed by atoms with Crippen LogP contribution in [0.4, 0.5) is 5.69 Å². The molecule has 1 aliphatic heterocycles. The number of hydrogen-bond donors (Lipinski definition) is 1. The normalized spacial score (nSPS) is 14.8. The number of anilines is 1. The maximum absolute atomic E-state index is 5.44. The van der Waals surface area contributed by atoms with Gasteiger partial charge in [0, 0.05) is 49.2 Å². The molecule has 0 atom stereocenters. The number of rotatable bonds is 4. The summed E-state index contributed by atoms with van der Waals surface area (Å²) in [5.41, 5.74) is 3.04. The van der Waals surface area contributed by atoms with E-state index >= 15 is 0 Å². The van der Waals surface area contributed by atoms with Crippen LogP contribution >= 0.6 is 0 Å². The van der Waals surface area contributed by atoms with Gasteiger partial charge in [0.1, 0.15) is 11.5 Å². The SMILES string of the molecule is COc1cc(OC)c2cnc(-c3ccc(N4CCCNCC4)cc3)nc2c1. The molecule has 4 rings (SSSR count). The minimum atomic E-state index is 0.696. The lowest BCUT2D eigenvalue weighted by Crippen LogP contribution is -2.27. The zero-order chi connectivity index (χ0) is 18.6. The van der Waals surface area contributed by atoms with Crippen LogP contribution < -0.4 is 19.7 Å². The first-order chi connectivity index (χ1) is 13.3. The smallest absolute Gasteiger partial charge is 0.159 e. The first-order valence-corrected chi connectivity index (χ1v) is 9.23. The number of fused-ring (bicyclic) bond motifs is 1. The van der Waals surface area contributed by atoms with Gasteiger partial charge in [-0.25, -0.2) is 9.97 Å². The Bertz CT molecular complexity index is 919. The Morgan fingerprint density at radius 3 is 2.63 bits per heavy atom.